The molecule has 0 unspecified atom stereocenters. The molecule has 1 aromatic carbocycles. The molecule has 0 amide bonds. The van der Waals surface area contributed by atoms with Gasteiger partial charge in [0.25, 0.3) is 0 Å². The minimum Gasteiger partial charge on any atom is -0.415 e. The zero-order valence-electron chi connectivity index (χ0n) is 12.9. The lowest BCUT2D eigenvalue weighted by molar-refractivity contribution is 0.287. The van der Waals surface area contributed by atoms with Crippen LogP contribution in [0.2, 0.25) is 18.1 Å². The van der Waals surface area contributed by atoms with E-state index in [0.717, 1.165) is 5.56 Å². The van der Waals surface area contributed by atoms with Crippen LogP contribution >= 0.6 is 0 Å². The molecule has 0 bridgehead atoms. The zero-order valence-corrected chi connectivity index (χ0v) is 14.7. The van der Waals surface area contributed by atoms with Crippen molar-refractivity contribution in [1.82, 2.24) is 0 Å². The Morgan fingerprint density at radius 2 is 1.74 bits per heavy atom. The largest absolute Gasteiger partial charge is 0.415 e. The highest BCUT2D eigenvalue weighted by Gasteiger charge is 2.37. The van der Waals surface area contributed by atoms with E-state index >= 15 is 0 Å². The lowest BCUT2D eigenvalue weighted by Gasteiger charge is -2.37. The molecule has 0 fully saturated rings. The predicted octanol–water partition coefficient (Wildman–Crippen LogP) is 4.13. The molecule has 0 aliphatic carbocycles. The topological polar surface area (TPSA) is 26.3 Å². The van der Waals surface area contributed by atoms with Gasteiger partial charge in [-0.3, -0.25) is 4.21 Å². The van der Waals surface area contributed by atoms with E-state index in [4.69, 9.17) is 4.43 Å². The molecular weight excluding hydrogens is 272 g/mol. The van der Waals surface area contributed by atoms with Crippen LogP contribution in [0, 0.1) is 0 Å². The van der Waals surface area contributed by atoms with Gasteiger partial charge in [-0.05, 0) is 23.7 Å². The first-order chi connectivity index (χ1) is 8.65. The first-order valence-electron chi connectivity index (χ1n) is 6.66. The Morgan fingerprint density at radius 3 is 2.16 bits per heavy atom. The SMILES string of the molecule is C[S@](=O)[C@@H](CO[Si](C)(C)C(C)(C)C)c1ccccc1. The van der Waals surface area contributed by atoms with Crippen LogP contribution < -0.4 is 0 Å². The molecule has 2 nitrogen and oxygen atoms in total. The standard InChI is InChI=1S/C15H26O2SSi/c1-15(2,3)19(5,6)17-12-14(18(4)16)13-10-8-7-9-11-13/h7-11,14H,12H2,1-6H3/t14-,18-/m0/s1. The van der Waals surface area contributed by atoms with E-state index in [2.05, 4.69) is 33.9 Å². The van der Waals surface area contributed by atoms with Crippen molar-refractivity contribution in [2.45, 2.75) is 44.2 Å². The summed E-state index contributed by atoms with van der Waals surface area (Å²) in [5.41, 5.74) is 1.10. The van der Waals surface area contributed by atoms with Crippen molar-refractivity contribution in [2.75, 3.05) is 12.9 Å². The fourth-order valence-corrected chi connectivity index (χ4v) is 3.49. The van der Waals surface area contributed by atoms with Crippen LogP contribution in [0.1, 0.15) is 31.6 Å². The summed E-state index contributed by atoms with van der Waals surface area (Å²) < 4.78 is 18.2. The summed E-state index contributed by atoms with van der Waals surface area (Å²) in [6, 6.07) is 10.0. The van der Waals surface area contributed by atoms with Crippen molar-refractivity contribution in [3.8, 4) is 0 Å². The van der Waals surface area contributed by atoms with Gasteiger partial charge in [-0.15, -0.1) is 0 Å². The summed E-state index contributed by atoms with van der Waals surface area (Å²) in [4.78, 5) is 0. The van der Waals surface area contributed by atoms with Crippen LogP contribution in [-0.4, -0.2) is 25.4 Å². The summed E-state index contributed by atoms with van der Waals surface area (Å²) in [7, 11) is -2.70. The molecule has 0 radical (unpaired) electrons. The quantitative estimate of drug-likeness (QED) is 0.764. The normalized spacial score (nSPS) is 16.1. The Morgan fingerprint density at radius 1 is 1.21 bits per heavy atom. The Bertz CT molecular complexity index is 424. The lowest BCUT2D eigenvalue weighted by atomic mass is 10.2. The second kappa shape index (κ2) is 6.33. The highest BCUT2D eigenvalue weighted by atomic mass is 32.2. The molecule has 4 heteroatoms. The van der Waals surface area contributed by atoms with Gasteiger partial charge < -0.3 is 4.43 Å². The molecule has 0 saturated heterocycles. The summed E-state index contributed by atoms with van der Waals surface area (Å²) >= 11 is 0. The van der Waals surface area contributed by atoms with Gasteiger partial charge in [0, 0.05) is 17.1 Å². The molecule has 108 valence electrons. The maximum Gasteiger partial charge on any atom is 0.192 e. The molecule has 0 aliphatic rings. The van der Waals surface area contributed by atoms with Crippen LogP contribution in [-0.2, 0) is 15.2 Å². The van der Waals surface area contributed by atoms with Crippen LogP contribution in [0.25, 0.3) is 0 Å². The van der Waals surface area contributed by atoms with Crippen molar-refractivity contribution in [2.24, 2.45) is 0 Å². The third kappa shape index (κ3) is 4.55. The molecule has 1 aromatic rings. The first kappa shape index (κ1) is 16.6. The lowest BCUT2D eigenvalue weighted by Crippen LogP contribution is -2.42. The predicted molar refractivity (Wildman–Crippen MR) is 86.4 cm³/mol. The van der Waals surface area contributed by atoms with Crippen LogP contribution in [0.5, 0.6) is 0 Å². The van der Waals surface area contributed by atoms with Crippen LogP contribution in [0.4, 0.5) is 0 Å². The van der Waals surface area contributed by atoms with Crippen molar-refractivity contribution in [1.29, 1.82) is 0 Å². The van der Waals surface area contributed by atoms with Gasteiger partial charge in [-0.1, -0.05) is 51.1 Å². The third-order valence-electron chi connectivity index (χ3n) is 3.97. The average molecular weight is 299 g/mol. The van der Waals surface area contributed by atoms with Crippen molar-refractivity contribution < 1.29 is 8.63 Å². The Balaban J connectivity index is 2.80. The Labute approximate surface area is 121 Å². The second-order valence-electron chi connectivity index (χ2n) is 6.47. The summed E-state index contributed by atoms with van der Waals surface area (Å²) in [6.45, 7) is 11.7. The number of benzene rings is 1. The zero-order chi connectivity index (χ0) is 14.7. The molecule has 1 rings (SSSR count). The highest BCUT2D eigenvalue weighted by Crippen LogP contribution is 2.37. The van der Waals surface area contributed by atoms with E-state index in [9.17, 15) is 4.21 Å². The number of hydrogen-bond acceptors (Lipinski definition) is 2. The molecule has 0 aliphatic heterocycles. The maximum absolute atomic E-state index is 12.0. The molecule has 0 aromatic heterocycles. The Hall–Kier alpha value is -0.453. The Kier molecular flexibility index (Phi) is 5.53. The number of hydrogen-bond donors (Lipinski definition) is 0. The van der Waals surface area contributed by atoms with E-state index in [0.29, 0.717) is 6.61 Å². The maximum atomic E-state index is 12.0. The van der Waals surface area contributed by atoms with E-state index < -0.39 is 19.1 Å². The molecule has 0 heterocycles. The van der Waals surface area contributed by atoms with E-state index in [-0.39, 0.29) is 10.3 Å². The van der Waals surface area contributed by atoms with E-state index in [1.54, 1.807) is 6.26 Å². The van der Waals surface area contributed by atoms with Gasteiger partial charge in [0.05, 0.1) is 11.9 Å². The fourth-order valence-electron chi connectivity index (χ4n) is 1.55. The second-order valence-corrected chi connectivity index (χ2v) is 12.8. The minimum absolute atomic E-state index is 0.0321. The van der Waals surface area contributed by atoms with Gasteiger partial charge in [-0.25, -0.2) is 0 Å². The van der Waals surface area contributed by atoms with Gasteiger partial charge in [0.1, 0.15) is 0 Å². The fraction of sp³-hybridized carbons (Fsp3) is 0.600. The third-order valence-corrected chi connectivity index (χ3v) is 9.68. The van der Waals surface area contributed by atoms with E-state index in [1.807, 2.05) is 30.3 Å². The molecule has 0 spiro atoms. The van der Waals surface area contributed by atoms with Crippen LogP contribution in [0.15, 0.2) is 30.3 Å². The van der Waals surface area contributed by atoms with Crippen molar-refractivity contribution in [3.63, 3.8) is 0 Å². The van der Waals surface area contributed by atoms with Gasteiger partial charge in [-0.2, -0.15) is 0 Å². The van der Waals surface area contributed by atoms with Crippen molar-refractivity contribution >= 4 is 19.1 Å². The average Bonchev–Trinajstić information content (AvgIpc) is 2.28. The van der Waals surface area contributed by atoms with Gasteiger partial charge in [0.15, 0.2) is 8.32 Å². The van der Waals surface area contributed by atoms with Gasteiger partial charge >= 0.3 is 0 Å². The van der Waals surface area contributed by atoms with Gasteiger partial charge in [0.2, 0.25) is 0 Å². The molecule has 19 heavy (non-hydrogen) atoms. The first-order valence-corrected chi connectivity index (χ1v) is 11.2. The summed E-state index contributed by atoms with van der Waals surface area (Å²) in [5, 5.41) is 0.152. The molecule has 2 atom stereocenters. The molecular formula is C15H26O2SSi. The molecule has 0 saturated carbocycles. The summed E-state index contributed by atoms with van der Waals surface area (Å²) in [5.74, 6) is 0. The van der Waals surface area contributed by atoms with Crippen molar-refractivity contribution in [3.05, 3.63) is 35.9 Å². The molecule has 0 N–H and O–H groups in total. The monoisotopic (exact) mass is 298 g/mol. The minimum atomic E-state index is -1.78. The van der Waals surface area contributed by atoms with Crippen LogP contribution in [0.3, 0.4) is 0 Å². The van der Waals surface area contributed by atoms with E-state index in [1.165, 1.54) is 0 Å². The smallest absolute Gasteiger partial charge is 0.192 e. The number of rotatable bonds is 5. The summed E-state index contributed by atoms with van der Waals surface area (Å²) in [6.07, 6.45) is 1.76. The highest BCUT2D eigenvalue weighted by molar-refractivity contribution is 7.84.